The monoisotopic (exact) mass is 181 g/mol. The molecule has 1 unspecified atom stereocenters. The topological polar surface area (TPSA) is 53.5 Å². The van der Waals surface area contributed by atoms with E-state index in [1.165, 1.54) is 12.8 Å². The molecule has 0 aromatic rings. The lowest BCUT2D eigenvalue weighted by atomic mass is 10.1. The van der Waals surface area contributed by atoms with Crippen molar-refractivity contribution >= 4 is 11.9 Å². The van der Waals surface area contributed by atoms with Crippen molar-refractivity contribution in [3.63, 3.8) is 0 Å². The SMILES string of the molecule is CC(C)C1N=C(NC2CC2)NC1=O. The Balaban J connectivity index is 1.97. The molecule has 2 rings (SSSR count). The van der Waals surface area contributed by atoms with E-state index in [1.54, 1.807) is 0 Å². The number of carbonyl (C=O) groups is 1. The third-order valence-corrected chi connectivity index (χ3v) is 2.33. The Hall–Kier alpha value is -1.06. The van der Waals surface area contributed by atoms with Gasteiger partial charge in [0.25, 0.3) is 5.91 Å². The first-order valence-corrected chi connectivity index (χ1v) is 4.82. The van der Waals surface area contributed by atoms with Gasteiger partial charge in [-0.2, -0.15) is 0 Å². The van der Waals surface area contributed by atoms with Gasteiger partial charge in [0, 0.05) is 6.04 Å². The maximum absolute atomic E-state index is 11.4. The molecule has 2 aliphatic rings. The summed E-state index contributed by atoms with van der Waals surface area (Å²) >= 11 is 0. The van der Waals surface area contributed by atoms with E-state index in [1.807, 2.05) is 13.8 Å². The van der Waals surface area contributed by atoms with E-state index >= 15 is 0 Å². The van der Waals surface area contributed by atoms with Crippen LogP contribution in [0.5, 0.6) is 0 Å². The predicted octanol–water partition coefficient (Wildman–Crippen LogP) is 0.249. The van der Waals surface area contributed by atoms with Gasteiger partial charge in [-0.25, -0.2) is 4.99 Å². The highest BCUT2D eigenvalue weighted by molar-refractivity contribution is 6.05. The van der Waals surface area contributed by atoms with Gasteiger partial charge in [-0.3, -0.25) is 10.1 Å². The Kier molecular flexibility index (Phi) is 1.98. The molecule has 1 fully saturated rings. The molecule has 72 valence electrons. The van der Waals surface area contributed by atoms with Crippen molar-refractivity contribution in [2.24, 2.45) is 10.9 Å². The van der Waals surface area contributed by atoms with E-state index in [0.717, 1.165) is 0 Å². The molecular formula is C9H15N3O. The summed E-state index contributed by atoms with van der Waals surface area (Å²) in [7, 11) is 0. The van der Waals surface area contributed by atoms with Crippen molar-refractivity contribution in [3.05, 3.63) is 0 Å². The van der Waals surface area contributed by atoms with Gasteiger partial charge in [-0.05, 0) is 18.8 Å². The molecule has 13 heavy (non-hydrogen) atoms. The second-order valence-electron chi connectivity index (χ2n) is 4.07. The summed E-state index contributed by atoms with van der Waals surface area (Å²) in [6.45, 7) is 4.02. The lowest BCUT2D eigenvalue weighted by molar-refractivity contribution is -0.120. The van der Waals surface area contributed by atoms with E-state index in [-0.39, 0.29) is 17.9 Å². The van der Waals surface area contributed by atoms with Crippen LogP contribution < -0.4 is 10.6 Å². The zero-order chi connectivity index (χ0) is 9.42. The minimum atomic E-state index is -0.193. The molecule has 1 aliphatic carbocycles. The zero-order valence-corrected chi connectivity index (χ0v) is 8.00. The van der Waals surface area contributed by atoms with Gasteiger partial charge >= 0.3 is 0 Å². The van der Waals surface area contributed by atoms with Crippen LogP contribution in [0.1, 0.15) is 26.7 Å². The minimum Gasteiger partial charge on any atom is -0.353 e. The zero-order valence-electron chi connectivity index (χ0n) is 8.00. The van der Waals surface area contributed by atoms with Crippen molar-refractivity contribution < 1.29 is 4.79 Å². The molecule has 2 N–H and O–H groups in total. The Morgan fingerprint density at radius 3 is 2.69 bits per heavy atom. The van der Waals surface area contributed by atoms with E-state index in [4.69, 9.17) is 0 Å². The molecular weight excluding hydrogens is 166 g/mol. The summed E-state index contributed by atoms with van der Waals surface area (Å²) in [4.78, 5) is 15.7. The van der Waals surface area contributed by atoms with Gasteiger partial charge in [-0.15, -0.1) is 0 Å². The third kappa shape index (κ3) is 1.82. The van der Waals surface area contributed by atoms with Gasteiger partial charge in [0.05, 0.1) is 0 Å². The van der Waals surface area contributed by atoms with Gasteiger partial charge in [-0.1, -0.05) is 13.8 Å². The summed E-state index contributed by atoms with van der Waals surface area (Å²) in [6.07, 6.45) is 2.39. The normalized spacial score (nSPS) is 27.5. The number of hydrogen-bond acceptors (Lipinski definition) is 3. The summed E-state index contributed by atoms with van der Waals surface area (Å²) in [5.74, 6) is 0.975. The van der Waals surface area contributed by atoms with Crippen molar-refractivity contribution in [3.8, 4) is 0 Å². The first-order chi connectivity index (χ1) is 6.16. The Bertz CT molecular complexity index is 256. The van der Waals surface area contributed by atoms with Crippen molar-refractivity contribution in [1.29, 1.82) is 0 Å². The number of nitrogens with zero attached hydrogens (tertiary/aromatic N) is 1. The van der Waals surface area contributed by atoms with Crippen molar-refractivity contribution in [2.75, 3.05) is 0 Å². The molecule has 4 nitrogen and oxygen atoms in total. The fraction of sp³-hybridized carbons (Fsp3) is 0.778. The van der Waals surface area contributed by atoms with Crippen LogP contribution in [0.3, 0.4) is 0 Å². The van der Waals surface area contributed by atoms with E-state index < -0.39 is 0 Å². The minimum absolute atomic E-state index is 0.0261. The molecule has 1 amide bonds. The maximum Gasteiger partial charge on any atom is 0.251 e. The van der Waals surface area contributed by atoms with Crippen LogP contribution in [0.2, 0.25) is 0 Å². The van der Waals surface area contributed by atoms with Crippen molar-refractivity contribution in [2.45, 2.75) is 38.8 Å². The maximum atomic E-state index is 11.4. The molecule has 1 aliphatic heterocycles. The molecule has 0 spiro atoms. The van der Waals surface area contributed by atoms with Gasteiger partial charge in [0.15, 0.2) is 5.96 Å². The molecule has 4 heteroatoms. The molecule has 1 atom stereocenters. The number of carbonyl (C=O) groups excluding carboxylic acids is 1. The second-order valence-corrected chi connectivity index (χ2v) is 4.07. The number of amides is 1. The van der Waals surface area contributed by atoms with Crippen LogP contribution >= 0.6 is 0 Å². The van der Waals surface area contributed by atoms with Gasteiger partial charge in [0.2, 0.25) is 0 Å². The molecule has 0 aromatic heterocycles. The van der Waals surface area contributed by atoms with Crippen LogP contribution in [0.4, 0.5) is 0 Å². The largest absolute Gasteiger partial charge is 0.353 e. The lowest BCUT2D eigenvalue weighted by Gasteiger charge is -2.06. The summed E-state index contributed by atoms with van der Waals surface area (Å²) in [5, 5.41) is 5.94. The lowest BCUT2D eigenvalue weighted by Crippen LogP contribution is -2.38. The molecule has 1 saturated carbocycles. The first kappa shape index (κ1) is 8.53. The Labute approximate surface area is 77.8 Å². The summed E-state index contributed by atoms with van der Waals surface area (Å²) in [6, 6.07) is 0.353. The second kappa shape index (κ2) is 3.01. The molecule has 0 aromatic carbocycles. The van der Waals surface area contributed by atoms with Crippen LogP contribution in [0.15, 0.2) is 4.99 Å². The van der Waals surface area contributed by atoms with Crippen LogP contribution in [0.25, 0.3) is 0 Å². The Morgan fingerprint density at radius 2 is 2.23 bits per heavy atom. The number of nitrogens with one attached hydrogen (secondary N) is 2. The molecule has 0 radical (unpaired) electrons. The highest BCUT2D eigenvalue weighted by Crippen LogP contribution is 2.19. The molecule has 0 saturated heterocycles. The first-order valence-electron chi connectivity index (χ1n) is 4.82. The van der Waals surface area contributed by atoms with Crippen LogP contribution in [0, 0.1) is 5.92 Å². The van der Waals surface area contributed by atoms with Crippen LogP contribution in [-0.2, 0) is 4.79 Å². The van der Waals surface area contributed by atoms with E-state index in [2.05, 4.69) is 15.6 Å². The summed E-state index contributed by atoms with van der Waals surface area (Å²) in [5.41, 5.74) is 0. The summed E-state index contributed by atoms with van der Waals surface area (Å²) < 4.78 is 0. The van der Waals surface area contributed by atoms with Crippen molar-refractivity contribution in [1.82, 2.24) is 10.6 Å². The predicted molar refractivity (Wildman–Crippen MR) is 50.4 cm³/mol. The Morgan fingerprint density at radius 1 is 1.54 bits per heavy atom. The standard InChI is InChI=1S/C9H15N3O/c1-5(2)7-8(13)12-9(11-7)10-6-3-4-6/h5-7H,3-4H2,1-2H3,(H2,10,11,12,13). The van der Waals surface area contributed by atoms with E-state index in [9.17, 15) is 4.79 Å². The fourth-order valence-electron chi connectivity index (χ4n) is 1.37. The highest BCUT2D eigenvalue weighted by atomic mass is 16.2. The smallest absolute Gasteiger partial charge is 0.251 e. The quantitative estimate of drug-likeness (QED) is 0.641. The third-order valence-electron chi connectivity index (χ3n) is 2.33. The highest BCUT2D eigenvalue weighted by Gasteiger charge is 2.31. The number of guanidine groups is 1. The average molecular weight is 181 g/mol. The van der Waals surface area contributed by atoms with Crippen LogP contribution in [-0.4, -0.2) is 24.0 Å². The number of hydrogen-bond donors (Lipinski definition) is 2. The molecule has 1 heterocycles. The number of aliphatic imine (C=N–C) groups is 1. The van der Waals surface area contributed by atoms with Gasteiger partial charge in [0.1, 0.15) is 6.04 Å². The van der Waals surface area contributed by atoms with Gasteiger partial charge < -0.3 is 5.32 Å². The average Bonchev–Trinajstić information content (AvgIpc) is 2.75. The molecule has 0 bridgehead atoms. The van der Waals surface area contributed by atoms with E-state index in [0.29, 0.717) is 12.0 Å². The fourth-order valence-corrected chi connectivity index (χ4v) is 1.37. The number of rotatable bonds is 2.